The van der Waals surface area contributed by atoms with Crippen molar-refractivity contribution in [3.8, 4) is 0 Å². The molecule has 3 rings (SSSR count). The zero-order valence-electron chi connectivity index (χ0n) is 15.1. The number of allylic oxidation sites excluding steroid dienone is 1. The van der Waals surface area contributed by atoms with Crippen LogP contribution in [0.2, 0.25) is 0 Å². The molecule has 5 heteroatoms. The van der Waals surface area contributed by atoms with Gasteiger partial charge in [0.25, 0.3) is 0 Å². The molecular formula is C20H29N3O2. The van der Waals surface area contributed by atoms with E-state index in [9.17, 15) is 4.79 Å². The van der Waals surface area contributed by atoms with Gasteiger partial charge in [-0.15, -0.1) is 0 Å². The molecule has 1 fully saturated rings. The number of methoxy groups -OCH3 is 1. The second-order valence-corrected chi connectivity index (χ2v) is 7.03. The van der Waals surface area contributed by atoms with Gasteiger partial charge in [0.2, 0.25) is 5.91 Å². The minimum atomic E-state index is 0.132. The number of hydrogen-bond donors (Lipinski definition) is 0. The lowest BCUT2D eigenvalue weighted by Crippen LogP contribution is -2.43. The van der Waals surface area contributed by atoms with Crippen LogP contribution in [0.25, 0.3) is 0 Å². The van der Waals surface area contributed by atoms with E-state index in [2.05, 4.69) is 28.1 Å². The van der Waals surface area contributed by atoms with Crippen LogP contribution in [0.5, 0.6) is 0 Å². The Balaban J connectivity index is 1.54. The lowest BCUT2D eigenvalue weighted by Gasteiger charge is -2.36. The Bertz CT molecular complexity index is 568. The quantitative estimate of drug-likeness (QED) is 0.744. The Kier molecular flexibility index (Phi) is 6.59. The third-order valence-corrected chi connectivity index (χ3v) is 5.39. The maximum atomic E-state index is 12.9. The smallest absolute Gasteiger partial charge is 0.226 e. The fourth-order valence-corrected chi connectivity index (χ4v) is 3.90. The number of aromatic nitrogens is 1. The predicted octanol–water partition coefficient (Wildman–Crippen LogP) is 2.34. The Morgan fingerprint density at radius 2 is 2.08 bits per heavy atom. The summed E-state index contributed by atoms with van der Waals surface area (Å²) < 4.78 is 5.15. The molecule has 5 nitrogen and oxygen atoms in total. The van der Waals surface area contributed by atoms with E-state index in [-0.39, 0.29) is 5.92 Å². The van der Waals surface area contributed by atoms with E-state index < -0.39 is 0 Å². The Morgan fingerprint density at radius 3 is 2.80 bits per heavy atom. The first-order valence-corrected chi connectivity index (χ1v) is 9.33. The molecule has 0 bridgehead atoms. The second kappa shape index (κ2) is 9.11. The molecule has 1 amide bonds. The Labute approximate surface area is 150 Å². The van der Waals surface area contributed by atoms with E-state index in [1.807, 2.05) is 23.2 Å². The lowest BCUT2D eigenvalue weighted by atomic mass is 9.81. The topological polar surface area (TPSA) is 45.7 Å². The van der Waals surface area contributed by atoms with Crippen LogP contribution < -0.4 is 0 Å². The van der Waals surface area contributed by atoms with Crippen molar-refractivity contribution >= 4 is 5.91 Å². The highest BCUT2D eigenvalue weighted by Crippen LogP contribution is 2.31. The maximum absolute atomic E-state index is 12.9. The van der Waals surface area contributed by atoms with Gasteiger partial charge in [-0.25, -0.2) is 0 Å². The zero-order valence-corrected chi connectivity index (χ0v) is 15.1. The lowest BCUT2D eigenvalue weighted by molar-refractivity contribution is -0.137. The average Bonchev–Trinajstić information content (AvgIpc) is 2.83. The third kappa shape index (κ3) is 4.89. The molecule has 2 aliphatic rings. The fourth-order valence-electron chi connectivity index (χ4n) is 3.90. The van der Waals surface area contributed by atoms with Crippen LogP contribution in [0.4, 0.5) is 0 Å². The number of likely N-dealkylation sites (tertiary alicyclic amines) is 1. The molecule has 136 valence electrons. The molecule has 0 saturated carbocycles. The highest BCUT2D eigenvalue weighted by molar-refractivity contribution is 5.80. The summed E-state index contributed by atoms with van der Waals surface area (Å²) in [5.74, 6) is 0.929. The number of rotatable bonds is 6. The van der Waals surface area contributed by atoms with Gasteiger partial charge in [-0.3, -0.25) is 14.7 Å². The highest BCUT2D eigenvalue weighted by atomic mass is 16.5. The molecule has 0 N–H and O–H groups in total. The number of carbonyl (C=O) groups excluding carboxylic acids is 1. The van der Waals surface area contributed by atoms with Gasteiger partial charge in [0.1, 0.15) is 0 Å². The molecular weight excluding hydrogens is 314 g/mol. The molecule has 0 aliphatic carbocycles. The van der Waals surface area contributed by atoms with E-state index in [0.29, 0.717) is 25.0 Å². The van der Waals surface area contributed by atoms with Crippen molar-refractivity contribution in [3.63, 3.8) is 0 Å². The summed E-state index contributed by atoms with van der Waals surface area (Å²) in [4.78, 5) is 21.8. The van der Waals surface area contributed by atoms with Crippen molar-refractivity contribution in [1.82, 2.24) is 14.8 Å². The van der Waals surface area contributed by atoms with Crippen molar-refractivity contribution in [3.05, 3.63) is 42.2 Å². The summed E-state index contributed by atoms with van der Waals surface area (Å²) in [5.41, 5.74) is 1.13. The first-order chi connectivity index (χ1) is 12.3. The van der Waals surface area contributed by atoms with Crippen LogP contribution >= 0.6 is 0 Å². The van der Waals surface area contributed by atoms with Crippen molar-refractivity contribution in [2.24, 2.45) is 11.8 Å². The van der Waals surface area contributed by atoms with Gasteiger partial charge in [-0.1, -0.05) is 18.2 Å². The molecule has 0 aromatic carbocycles. The standard InChI is InChI=1S/C20H29N3O2/c1-25-15-14-23-11-5-3-7-19(20(23)24)17-8-12-22(13-9-17)16-18-6-2-4-10-21-18/h2-6,10,17,19H,7-9,11-16H2,1H3. The van der Waals surface area contributed by atoms with Gasteiger partial charge in [0.15, 0.2) is 0 Å². The summed E-state index contributed by atoms with van der Waals surface area (Å²) in [6, 6.07) is 6.08. The van der Waals surface area contributed by atoms with E-state index in [1.54, 1.807) is 7.11 Å². The van der Waals surface area contributed by atoms with Crippen LogP contribution in [0.3, 0.4) is 0 Å². The summed E-state index contributed by atoms with van der Waals surface area (Å²) >= 11 is 0. The fraction of sp³-hybridized carbons (Fsp3) is 0.600. The van der Waals surface area contributed by atoms with E-state index in [0.717, 1.165) is 51.1 Å². The van der Waals surface area contributed by atoms with Crippen LogP contribution in [-0.2, 0) is 16.1 Å². The number of amides is 1. The van der Waals surface area contributed by atoms with Crippen molar-refractivity contribution in [1.29, 1.82) is 0 Å². The van der Waals surface area contributed by atoms with Gasteiger partial charge in [-0.05, 0) is 50.4 Å². The van der Waals surface area contributed by atoms with Crippen LogP contribution in [0, 0.1) is 11.8 Å². The molecule has 1 saturated heterocycles. The summed E-state index contributed by atoms with van der Waals surface area (Å²) in [5, 5.41) is 0. The normalized spacial score (nSPS) is 23.0. The number of nitrogens with zero attached hydrogens (tertiary/aromatic N) is 3. The molecule has 3 heterocycles. The molecule has 1 aromatic rings. The molecule has 2 aliphatic heterocycles. The second-order valence-electron chi connectivity index (χ2n) is 7.03. The molecule has 25 heavy (non-hydrogen) atoms. The molecule has 1 aromatic heterocycles. The van der Waals surface area contributed by atoms with Crippen molar-refractivity contribution < 1.29 is 9.53 Å². The third-order valence-electron chi connectivity index (χ3n) is 5.39. The van der Waals surface area contributed by atoms with E-state index >= 15 is 0 Å². The van der Waals surface area contributed by atoms with Gasteiger partial charge in [0.05, 0.1) is 12.3 Å². The van der Waals surface area contributed by atoms with Crippen LogP contribution in [0.15, 0.2) is 36.5 Å². The summed E-state index contributed by atoms with van der Waals surface area (Å²) in [6.07, 6.45) is 9.24. The zero-order chi connectivity index (χ0) is 17.5. The van der Waals surface area contributed by atoms with Crippen molar-refractivity contribution in [2.45, 2.75) is 25.8 Å². The number of piperidine rings is 1. The van der Waals surface area contributed by atoms with Gasteiger partial charge in [-0.2, -0.15) is 0 Å². The molecule has 0 spiro atoms. The summed E-state index contributed by atoms with van der Waals surface area (Å²) in [7, 11) is 1.69. The first kappa shape index (κ1) is 18.1. The average molecular weight is 343 g/mol. The summed E-state index contributed by atoms with van der Waals surface area (Å²) in [6.45, 7) is 5.02. The first-order valence-electron chi connectivity index (χ1n) is 9.33. The highest BCUT2D eigenvalue weighted by Gasteiger charge is 2.33. The van der Waals surface area contributed by atoms with Crippen LogP contribution in [-0.4, -0.2) is 60.6 Å². The monoisotopic (exact) mass is 343 g/mol. The number of carbonyl (C=O) groups is 1. The Hall–Kier alpha value is -1.72. The van der Waals surface area contributed by atoms with Crippen LogP contribution in [0.1, 0.15) is 25.0 Å². The molecule has 0 radical (unpaired) electrons. The van der Waals surface area contributed by atoms with Gasteiger partial charge in [0, 0.05) is 38.9 Å². The minimum absolute atomic E-state index is 0.132. The number of hydrogen-bond acceptors (Lipinski definition) is 4. The largest absolute Gasteiger partial charge is 0.383 e. The van der Waals surface area contributed by atoms with E-state index in [4.69, 9.17) is 4.74 Å². The minimum Gasteiger partial charge on any atom is -0.383 e. The van der Waals surface area contributed by atoms with Gasteiger partial charge < -0.3 is 9.64 Å². The SMILES string of the molecule is COCCN1CC=CCC(C2CCN(Cc3ccccn3)CC2)C1=O. The maximum Gasteiger partial charge on any atom is 0.226 e. The number of pyridine rings is 1. The Morgan fingerprint density at radius 1 is 1.24 bits per heavy atom. The predicted molar refractivity (Wildman–Crippen MR) is 97.9 cm³/mol. The van der Waals surface area contributed by atoms with Gasteiger partial charge >= 0.3 is 0 Å². The van der Waals surface area contributed by atoms with E-state index in [1.165, 1.54) is 0 Å². The number of ether oxygens (including phenoxy) is 1. The van der Waals surface area contributed by atoms with Crippen molar-refractivity contribution in [2.75, 3.05) is 39.9 Å². The molecule has 1 unspecified atom stereocenters. The molecule has 1 atom stereocenters.